The predicted molar refractivity (Wildman–Crippen MR) is 179 cm³/mol. The molecule has 6 rings (SSSR count). The fourth-order valence-corrected chi connectivity index (χ4v) is 6.06. The van der Waals surface area contributed by atoms with Crippen LogP contribution in [0.1, 0.15) is 46.5 Å². The van der Waals surface area contributed by atoms with Crippen LogP contribution < -0.4 is 16.0 Å². The van der Waals surface area contributed by atoms with Crippen molar-refractivity contribution in [3.8, 4) is 0 Å². The molecule has 46 heavy (non-hydrogen) atoms. The van der Waals surface area contributed by atoms with Crippen molar-refractivity contribution in [2.24, 2.45) is 0 Å². The predicted octanol–water partition coefficient (Wildman–Crippen LogP) is 6.03. The number of benzene rings is 4. The van der Waals surface area contributed by atoms with Crippen LogP contribution >= 0.6 is 0 Å². The van der Waals surface area contributed by atoms with Crippen molar-refractivity contribution in [3.63, 3.8) is 0 Å². The van der Waals surface area contributed by atoms with E-state index in [0.717, 1.165) is 40.0 Å². The molecule has 4 aromatic carbocycles. The molecule has 5 aromatic rings. The zero-order chi connectivity index (χ0) is 31.9. The highest BCUT2D eigenvalue weighted by molar-refractivity contribution is 5.98. The third kappa shape index (κ3) is 7.28. The zero-order valence-electron chi connectivity index (χ0n) is 26.0. The number of carbonyl (C=O) groups is 2. The van der Waals surface area contributed by atoms with Gasteiger partial charge in [-0.25, -0.2) is 9.78 Å². The van der Waals surface area contributed by atoms with Gasteiger partial charge in [-0.2, -0.15) is 0 Å². The van der Waals surface area contributed by atoms with Gasteiger partial charge in [-0.1, -0.05) is 84.9 Å². The number of fused-ring (bicyclic) bond motifs is 1. The number of amides is 2. The highest BCUT2D eigenvalue weighted by Crippen LogP contribution is 2.30. The molecule has 0 bridgehead atoms. The van der Waals surface area contributed by atoms with Gasteiger partial charge >= 0.3 is 6.09 Å². The molecule has 0 aliphatic carbocycles. The molecule has 9 heteroatoms. The van der Waals surface area contributed by atoms with E-state index in [4.69, 9.17) is 14.5 Å². The highest BCUT2D eigenvalue weighted by atomic mass is 16.5. The van der Waals surface area contributed by atoms with Crippen LogP contribution in [0.15, 0.2) is 103 Å². The lowest BCUT2D eigenvalue weighted by Crippen LogP contribution is -2.48. The summed E-state index contributed by atoms with van der Waals surface area (Å²) in [6.07, 6.45) is 0.809. The molecular weight excluding hydrogens is 578 g/mol. The monoisotopic (exact) mass is 617 g/mol. The molecule has 4 N–H and O–H groups in total. The van der Waals surface area contributed by atoms with Crippen LogP contribution in [0.2, 0.25) is 0 Å². The molecule has 3 atom stereocenters. The van der Waals surface area contributed by atoms with Gasteiger partial charge in [-0.15, -0.1) is 0 Å². The van der Waals surface area contributed by atoms with E-state index in [1.54, 1.807) is 0 Å². The second-order valence-electron chi connectivity index (χ2n) is 11.7. The van der Waals surface area contributed by atoms with E-state index in [1.807, 2.05) is 91.0 Å². The van der Waals surface area contributed by atoms with Crippen LogP contribution in [-0.2, 0) is 20.7 Å². The van der Waals surface area contributed by atoms with Crippen molar-refractivity contribution in [1.82, 2.24) is 20.6 Å². The van der Waals surface area contributed by atoms with Crippen LogP contribution in [-0.4, -0.2) is 54.4 Å². The quantitative estimate of drug-likeness (QED) is 0.152. The zero-order valence-corrected chi connectivity index (χ0v) is 26.0. The molecule has 0 radical (unpaired) electrons. The van der Waals surface area contributed by atoms with Crippen LogP contribution in [0.25, 0.3) is 11.0 Å². The number of aryl methyl sites for hydroxylation is 2. The second-order valence-corrected chi connectivity index (χ2v) is 11.7. The van der Waals surface area contributed by atoms with Crippen molar-refractivity contribution >= 4 is 28.7 Å². The van der Waals surface area contributed by atoms with Crippen LogP contribution in [0, 0.1) is 6.92 Å². The van der Waals surface area contributed by atoms with Crippen LogP contribution in [0.5, 0.6) is 0 Å². The molecule has 1 aliphatic heterocycles. The van der Waals surface area contributed by atoms with E-state index in [1.165, 1.54) is 12.7 Å². The summed E-state index contributed by atoms with van der Waals surface area (Å²) in [4.78, 5) is 34.7. The summed E-state index contributed by atoms with van der Waals surface area (Å²) in [7, 11) is 1.29. The lowest BCUT2D eigenvalue weighted by Gasteiger charge is -2.30. The molecule has 0 spiro atoms. The number of para-hydroxylation sites is 1. The topological polar surface area (TPSA) is 117 Å². The molecule has 2 heterocycles. The number of aromatic amines is 1. The Hall–Kier alpha value is -4.99. The minimum Gasteiger partial charge on any atom is -0.453 e. The number of carbonyl (C=O) groups excluding carboxylic acids is 2. The number of rotatable bonds is 10. The van der Waals surface area contributed by atoms with Crippen molar-refractivity contribution in [3.05, 3.63) is 131 Å². The van der Waals surface area contributed by atoms with E-state index in [9.17, 15) is 9.59 Å². The maximum Gasteiger partial charge on any atom is 0.407 e. The summed E-state index contributed by atoms with van der Waals surface area (Å²) < 4.78 is 11.2. The number of anilines is 1. The van der Waals surface area contributed by atoms with Crippen molar-refractivity contribution in [2.45, 2.75) is 43.9 Å². The Bertz CT molecular complexity index is 1730. The van der Waals surface area contributed by atoms with Crippen molar-refractivity contribution in [1.29, 1.82) is 0 Å². The molecule has 1 aromatic heterocycles. The van der Waals surface area contributed by atoms with Gasteiger partial charge in [-0.05, 0) is 60.2 Å². The molecule has 0 unspecified atom stereocenters. The van der Waals surface area contributed by atoms with E-state index >= 15 is 0 Å². The Morgan fingerprint density at radius 3 is 2.33 bits per heavy atom. The minimum absolute atomic E-state index is 0.00282. The Morgan fingerprint density at radius 1 is 0.957 bits per heavy atom. The molecular formula is C37H39N5O4. The van der Waals surface area contributed by atoms with E-state index in [2.05, 4.69) is 40.0 Å². The van der Waals surface area contributed by atoms with E-state index in [0.29, 0.717) is 25.3 Å². The van der Waals surface area contributed by atoms with Gasteiger partial charge in [0.25, 0.3) is 0 Å². The Balaban J connectivity index is 1.14. The first-order valence-electron chi connectivity index (χ1n) is 15.6. The molecule has 0 saturated carbocycles. The molecule has 236 valence electrons. The number of ether oxygens (including phenoxy) is 2. The number of imidazole rings is 1. The first kappa shape index (κ1) is 31.0. The smallest absolute Gasteiger partial charge is 0.407 e. The van der Waals surface area contributed by atoms with Crippen LogP contribution in [0.3, 0.4) is 0 Å². The molecule has 1 aliphatic rings. The van der Waals surface area contributed by atoms with Crippen molar-refractivity contribution < 1.29 is 19.1 Å². The van der Waals surface area contributed by atoms with Gasteiger partial charge in [0.15, 0.2) is 0 Å². The number of alkyl carbamates (subject to hydrolysis) is 1. The lowest BCUT2D eigenvalue weighted by atomic mass is 9.84. The Labute approximate surface area is 268 Å². The highest BCUT2D eigenvalue weighted by Gasteiger charge is 2.33. The van der Waals surface area contributed by atoms with Gasteiger partial charge in [0.1, 0.15) is 11.9 Å². The molecule has 9 nitrogen and oxygen atoms in total. The van der Waals surface area contributed by atoms with Gasteiger partial charge in [0, 0.05) is 18.2 Å². The summed E-state index contributed by atoms with van der Waals surface area (Å²) >= 11 is 0. The first-order chi connectivity index (χ1) is 22.5. The Morgan fingerprint density at radius 2 is 1.65 bits per heavy atom. The van der Waals surface area contributed by atoms with Gasteiger partial charge in [-0.3, -0.25) is 4.79 Å². The summed E-state index contributed by atoms with van der Waals surface area (Å²) in [5, 5.41) is 9.51. The number of hydrogen-bond acceptors (Lipinski definition) is 6. The third-order valence-corrected chi connectivity index (χ3v) is 8.48. The number of nitrogens with zero attached hydrogens (tertiary/aromatic N) is 1. The lowest BCUT2D eigenvalue weighted by molar-refractivity contribution is -0.118. The first-order valence-corrected chi connectivity index (χ1v) is 15.6. The number of aromatic nitrogens is 2. The number of hydrogen-bond donors (Lipinski definition) is 4. The summed E-state index contributed by atoms with van der Waals surface area (Å²) in [5.41, 5.74) is 6.65. The van der Waals surface area contributed by atoms with Gasteiger partial charge < -0.3 is 30.4 Å². The fourth-order valence-electron chi connectivity index (χ4n) is 6.06. The second kappa shape index (κ2) is 14.4. The number of H-pyrrole nitrogens is 1. The number of methoxy groups -OCH3 is 1. The summed E-state index contributed by atoms with van der Waals surface area (Å²) in [6, 6.07) is 32.4. The van der Waals surface area contributed by atoms with E-state index < -0.39 is 18.1 Å². The normalized spacial score (nSPS) is 17.0. The Kier molecular flexibility index (Phi) is 9.71. The summed E-state index contributed by atoms with van der Waals surface area (Å²) in [5.74, 6) is 0.0978. The van der Waals surface area contributed by atoms with Crippen LogP contribution in [0.4, 0.5) is 10.5 Å². The molecule has 1 fully saturated rings. The largest absolute Gasteiger partial charge is 0.453 e. The van der Waals surface area contributed by atoms with Gasteiger partial charge in [0.2, 0.25) is 5.91 Å². The molecule has 1 saturated heterocycles. The van der Waals surface area contributed by atoms with E-state index in [-0.39, 0.29) is 18.1 Å². The maximum absolute atomic E-state index is 14.0. The standard InChI is InChI=1S/C37H39N5O4/c1-24-17-20-30-31(21-24)40-35(39-30)32-23-46-28(22-38-32)19-18-25-11-9-10-16-29(25)41-36(43)34(42-37(44)45-2)33(26-12-5-3-6-13-26)27-14-7-4-8-15-27/h3-17,20-21,28,32-34,38H,18-19,22-23H2,1-2H3,(H,39,40)(H,41,43)(H,42,44)/t28-,32+,34+/m1/s1. The minimum atomic E-state index is -0.935. The fraction of sp³-hybridized carbons (Fsp3) is 0.270. The molecule has 2 amide bonds. The van der Waals surface area contributed by atoms with Gasteiger partial charge in [0.05, 0.1) is 36.9 Å². The average Bonchev–Trinajstić information content (AvgIpc) is 3.52. The average molecular weight is 618 g/mol. The van der Waals surface area contributed by atoms with Crippen molar-refractivity contribution in [2.75, 3.05) is 25.6 Å². The SMILES string of the molecule is COC(=O)N[C@H](C(=O)Nc1ccccc1CC[C@@H]1CN[C@H](c2nc3ccc(C)cc3[nH]2)CO1)C(c1ccccc1)c1ccccc1. The third-order valence-electron chi connectivity index (χ3n) is 8.48. The number of nitrogens with one attached hydrogen (secondary N) is 4. The summed E-state index contributed by atoms with van der Waals surface area (Å²) in [6.45, 7) is 3.28. The maximum atomic E-state index is 14.0. The number of morpholine rings is 1.